The molecule has 3 fully saturated rings. The van der Waals surface area contributed by atoms with Gasteiger partial charge in [0.05, 0.1) is 18.8 Å². The van der Waals surface area contributed by atoms with Gasteiger partial charge >= 0.3 is 0 Å². The summed E-state index contributed by atoms with van der Waals surface area (Å²) in [5.41, 5.74) is -0.0258. The molecule has 1 aliphatic carbocycles. The molecular formula is C13H24N2O2. The maximum Gasteiger partial charge on any atom is 0.0707 e. The van der Waals surface area contributed by atoms with Crippen LogP contribution in [0.15, 0.2) is 0 Å². The summed E-state index contributed by atoms with van der Waals surface area (Å²) >= 11 is 0. The number of fused-ring (bicyclic) bond motifs is 2. The maximum atomic E-state index is 9.54. The van der Waals surface area contributed by atoms with Crippen molar-refractivity contribution in [3.63, 3.8) is 0 Å². The number of nitrogens with zero attached hydrogens (tertiary/aromatic N) is 1. The Labute approximate surface area is 103 Å². The highest BCUT2D eigenvalue weighted by Crippen LogP contribution is 2.36. The van der Waals surface area contributed by atoms with Gasteiger partial charge < -0.3 is 15.2 Å². The summed E-state index contributed by atoms with van der Waals surface area (Å²) in [7, 11) is 1.97. The fraction of sp³-hybridized carbons (Fsp3) is 1.00. The van der Waals surface area contributed by atoms with Gasteiger partial charge in [-0.2, -0.15) is 0 Å². The second kappa shape index (κ2) is 4.50. The summed E-state index contributed by atoms with van der Waals surface area (Å²) in [5, 5.41) is 12.9. The van der Waals surface area contributed by atoms with Crippen LogP contribution in [0, 0.1) is 0 Å². The zero-order chi connectivity index (χ0) is 11.9. The fourth-order valence-electron chi connectivity index (χ4n) is 3.80. The molecule has 0 aromatic carbocycles. The Morgan fingerprint density at radius 1 is 1.29 bits per heavy atom. The van der Waals surface area contributed by atoms with Crippen LogP contribution in [0.1, 0.15) is 32.1 Å². The van der Waals surface area contributed by atoms with Gasteiger partial charge in [0.2, 0.25) is 0 Å². The molecule has 2 heterocycles. The van der Waals surface area contributed by atoms with Gasteiger partial charge in [0.15, 0.2) is 0 Å². The molecule has 0 amide bonds. The number of hydrogen-bond donors (Lipinski definition) is 2. The highest BCUT2D eigenvalue weighted by Gasteiger charge is 2.43. The largest absolute Gasteiger partial charge is 0.394 e. The standard InChI is InChI=1S/C13H24N2O2/c1-14-13(9-16)5-4-10(6-13)15-7-11-2-3-12(8-15)17-11/h10-12,14,16H,2-9H2,1H3. The first-order chi connectivity index (χ1) is 8.24. The molecule has 3 aliphatic rings. The van der Waals surface area contributed by atoms with Crippen LogP contribution in [-0.2, 0) is 4.74 Å². The molecule has 4 nitrogen and oxygen atoms in total. The summed E-state index contributed by atoms with van der Waals surface area (Å²) in [6, 6.07) is 0.640. The molecule has 98 valence electrons. The monoisotopic (exact) mass is 240 g/mol. The predicted molar refractivity (Wildman–Crippen MR) is 66.0 cm³/mol. The van der Waals surface area contributed by atoms with Gasteiger partial charge in [-0.1, -0.05) is 0 Å². The normalized spacial score (nSPS) is 46.6. The third kappa shape index (κ3) is 2.12. The molecule has 2 N–H and O–H groups in total. The number of ether oxygens (including phenoxy) is 1. The Kier molecular flexibility index (Phi) is 3.15. The summed E-state index contributed by atoms with van der Waals surface area (Å²) in [5.74, 6) is 0. The zero-order valence-corrected chi connectivity index (χ0v) is 10.7. The Bertz CT molecular complexity index is 269. The van der Waals surface area contributed by atoms with E-state index in [2.05, 4.69) is 10.2 Å². The molecule has 4 heteroatoms. The van der Waals surface area contributed by atoms with E-state index in [9.17, 15) is 5.11 Å². The summed E-state index contributed by atoms with van der Waals surface area (Å²) in [4.78, 5) is 2.61. The third-order valence-corrected chi connectivity index (χ3v) is 5.00. The van der Waals surface area contributed by atoms with Crippen molar-refractivity contribution in [2.75, 3.05) is 26.7 Å². The molecule has 4 unspecified atom stereocenters. The van der Waals surface area contributed by atoms with E-state index in [-0.39, 0.29) is 12.1 Å². The average Bonchev–Trinajstić information content (AvgIpc) is 2.94. The summed E-state index contributed by atoms with van der Waals surface area (Å²) in [6.07, 6.45) is 6.83. The van der Waals surface area contributed by atoms with E-state index < -0.39 is 0 Å². The van der Waals surface area contributed by atoms with Crippen LogP contribution in [0.25, 0.3) is 0 Å². The lowest BCUT2D eigenvalue weighted by Crippen LogP contribution is -2.50. The van der Waals surface area contributed by atoms with Crippen LogP contribution in [0.3, 0.4) is 0 Å². The van der Waals surface area contributed by atoms with E-state index in [1.54, 1.807) is 0 Å². The number of aliphatic hydroxyl groups excluding tert-OH is 1. The van der Waals surface area contributed by atoms with E-state index >= 15 is 0 Å². The SMILES string of the molecule is CNC1(CO)CCC(N2CC3CCC(C2)O3)C1. The van der Waals surface area contributed by atoms with Crippen LogP contribution in [0.2, 0.25) is 0 Å². The average molecular weight is 240 g/mol. The quantitative estimate of drug-likeness (QED) is 0.747. The van der Waals surface area contributed by atoms with Crippen LogP contribution < -0.4 is 5.32 Å². The van der Waals surface area contributed by atoms with Gasteiger partial charge in [-0.25, -0.2) is 0 Å². The van der Waals surface area contributed by atoms with Crippen LogP contribution >= 0.6 is 0 Å². The minimum Gasteiger partial charge on any atom is -0.394 e. The number of likely N-dealkylation sites (tertiary alicyclic amines) is 1. The van der Waals surface area contributed by atoms with E-state index in [0.29, 0.717) is 18.2 Å². The molecule has 3 rings (SSSR count). The lowest BCUT2D eigenvalue weighted by Gasteiger charge is -2.37. The Morgan fingerprint density at radius 2 is 2.00 bits per heavy atom. The van der Waals surface area contributed by atoms with Gasteiger partial charge in [-0.15, -0.1) is 0 Å². The van der Waals surface area contributed by atoms with Crippen LogP contribution in [0.5, 0.6) is 0 Å². The first-order valence-electron chi connectivity index (χ1n) is 6.94. The molecule has 2 saturated heterocycles. The van der Waals surface area contributed by atoms with Crippen LogP contribution in [0.4, 0.5) is 0 Å². The smallest absolute Gasteiger partial charge is 0.0707 e. The lowest BCUT2D eigenvalue weighted by atomic mass is 9.98. The summed E-state index contributed by atoms with van der Waals surface area (Å²) in [6.45, 7) is 2.47. The van der Waals surface area contributed by atoms with Crippen molar-refractivity contribution < 1.29 is 9.84 Å². The van der Waals surface area contributed by atoms with E-state index in [4.69, 9.17) is 4.74 Å². The van der Waals surface area contributed by atoms with Crippen molar-refractivity contribution >= 4 is 0 Å². The van der Waals surface area contributed by atoms with Crippen molar-refractivity contribution in [3.05, 3.63) is 0 Å². The number of morpholine rings is 1. The highest BCUT2D eigenvalue weighted by molar-refractivity contribution is 5.00. The number of nitrogens with one attached hydrogen (secondary N) is 1. The van der Waals surface area contributed by atoms with E-state index in [1.165, 1.54) is 19.3 Å². The molecule has 0 aromatic rings. The number of rotatable bonds is 3. The Balaban J connectivity index is 1.63. The first-order valence-corrected chi connectivity index (χ1v) is 6.94. The van der Waals surface area contributed by atoms with Crippen molar-refractivity contribution in [2.24, 2.45) is 0 Å². The van der Waals surface area contributed by atoms with Gasteiger partial charge in [0.25, 0.3) is 0 Å². The molecule has 17 heavy (non-hydrogen) atoms. The van der Waals surface area contributed by atoms with Gasteiger partial charge in [-0.3, -0.25) is 4.90 Å². The molecule has 2 aliphatic heterocycles. The van der Waals surface area contributed by atoms with E-state index in [1.807, 2.05) is 7.05 Å². The molecule has 1 saturated carbocycles. The van der Waals surface area contributed by atoms with Crippen molar-refractivity contribution in [1.82, 2.24) is 10.2 Å². The Hall–Kier alpha value is -0.160. The summed E-state index contributed by atoms with van der Waals surface area (Å²) < 4.78 is 5.89. The molecule has 4 atom stereocenters. The molecular weight excluding hydrogens is 216 g/mol. The van der Waals surface area contributed by atoms with Gasteiger partial charge in [-0.05, 0) is 39.2 Å². The van der Waals surface area contributed by atoms with E-state index in [0.717, 1.165) is 25.9 Å². The topological polar surface area (TPSA) is 44.7 Å². The number of hydrogen-bond acceptors (Lipinski definition) is 4. The lowest BCUT2D eigenvalue weighted by molar-refractivity contribution is -0.0529. The second-order valence-corrected chi connectivity index (χ2v) is 6.00. The minimum absolute atomic E-state index is 0.0258. The number of likely N-dealkylation sites (N-methyl/N-ethyl adjacent to an activating group) is 1. The first kappa shape index (κ1) is 11.9. The highest BCUT2D eigenvalue weighted by atomic mass is 16.5. The van der Waals surface area contributed by atoms with Gasteiger partial charge in [0, 0.05) is 24.7 Å². The van der Waals surface area contributed by atoms with Crippen molar-refractivity contribution in [3.8, 4) is 0 Å². The molecule has 2 bridgehead atoms. The molecule has 0 radical (unpaired) electrons. The zero-order valence-electron chi connectivity index (χ0n) is 10.7. The van der Waals surface area contributed by atoms with Gasteiger partial charge in [0.1, 0.15) is 0 Å². The molecule has 0 aromatic heterocycles. The van der Waals surface area contributed by atoms with Crippen LogP contribution in [-0.4, -0.2) is 60.5 Å². The Morgan fingerprint density at radius 3 is 2.53 bits per heavy atom. The maximum absolute atomic E-state index is 9.54. The predicted octanol–water partition coefficient (Wildman–Crippen LogP) is 0.353. The molecule has 0 spiro atoms. The second-order valence-electron chi connectivity index (χ2n) is 6.00. The van der Waals surface area contributed by atoms with Crippen molar-refractivity contribution in [1.29, 1.82) is 0 Å². The number of aliphatic hydroxyl groups is 1. The fourth-order valence-corrected chi connectivity index (χ4v) is 3.80. The van der Waals surface area contributed by atoms with Crippen molar-refractivity contribution in [2.45, 2.75) is 55.9 Å². The minimum atomic E-state index is -0.0258. The third-order valence-electron chi connectivity index (χ3n) is 5.00.